The van der Waals surface area contributed by atoms with Crippen LogP contribution < -0.4 is 5.32 Å². The molecule has 0 radical (unpaired) electrons. The van der Waals surface area contributed by atoms with E-state index in [2.05, 4.69) is 5.32 Å². The minimum absolute atomic E-state index is 0.0558. The van der Waals surface area contributed by atoms with Crippen LogP contribution in [0.4, 0.5) is 0 Å². The molecule has 2 N–H and O–H groups in total. The molecule has 106 valence electrons. The summed E-state index contributed by atoms with van der Waals surface area (Å²) in [5.74, 6) is -1.71. The number of hydrogen-bond donors (Lipinski definition) is 2. The highest BCUT2D eigenvalue weighted by Crippen LogP contribution is 2.16. The van der Waals surface area contributed by atoms with Crippen LogP contribution in [0.2, 0.25) is 0 Å². The van der Waals surface area contributed by atoms with E-state index in [0.717, 1.165) is 0 Å². The monoisotopic (exact) mass is 276 g/mol. The van der Waals surface area contributed by atoms with Crippen molar-refractivity contribution in [1.29, 1.82) is 5.26 Å². The van der Waals surface area contributed by atoms with Gasteiger partial charge in [-0.1, -0.05) is 30.3 Å². The van der Waals surface area contributed by atoms with Crippen LogP contribution in [0.3, 0.4) is 0 Å². The number of hydrogen-bond acceptors (Lipinski definition) is 4. The number of nitrogens with zero attached hydrogens (tertiary/aromatic N) is 1. The number of ether oxygens (including phenoxy) is 1. The molecule has 0 saturated heterocycles. The van der Waals surface area contributed by atoms with Gasteiger partial charge < -0.3 is 15.2 Å². The zero-order valence-electron chi connectivity index (χ0n) is 11.1. The lowest BCUT2D eigenvalue weighted by atomic mass is 10.1. The first-order valence-electron chi connectivity index (χ1n) is 6.08. The summed E-state index contributed by atoms with van der Waals surface area (Å²) < 4.78 is 5.11. The first-order valence-corrected chi connectivity index (χ1v) is 6.08. The van der Waals surface area contributed by atoms with Crippen molar-refractivity contribution in [3.63, 3.8) is 0 Å². The van der Waals surface area contributed by atoms with Crippen LogP contribution >= 0.6 is 0 Å². The van der Waals surface area contributed by atoms with E-state index in [4.69, 9.17) is 15.1 Å². The van der Waals surface area contributed by atoms with E-state index in [1.807, 2.05) is 6.07 Å². The summed E-state index contributed by atoms with van der Waals surface area (Å²) in [6.45, 7) is 0. The Morgan fingerprint density at radius 2 is 2.05 bits per heavy atom. The maximum absolute atomic E-state index is 12.1. The fourth-order valence-corrected chi connectivity index (χ4v) is 1.74. The van der Waals surface area contributed by atoms with Gasteiger partial charge in [0.25, 0.3) is 5.91 Å². The molecular weight excluding hydrogens is 260 g/mol. The van der Waals surface area contributed by atoms with Gasteiger partial charge in [-0.15, -0.1) is 0 Å². The molecule has 0 saturated carbocycles. The van der Waals surface area contributed by atoms with Crippen molar-refractivity contribution < 1.29 is 19.4 Å². The van der Waals surface area contributed by atoms with Crippen molar-refractivity contribution in [1.82, 2.24) is 5.32 Å². The SMILES string of the molecule is COC(C(=O)NC(CCC#N)C(=O)O)c1ccccc1. The zero-order valence-corrected chi connectivity index (χ0v) is 11.1. The molecule has 1 aromatic carbocycles. The second-order valence-electron chi connectivity index (χ2n) is 4.12. The third-order valence-electron chi connectivity index (χ3n) is 2.74. The molecule has 0 bridgehead atoms. The number of carboxylic acid groups (broad SMARTS) is 1. The van der Waals surface area contributed by atoms with Crippen molar-refractivity contribution in [3.05, 3.63) is 35.9 Å². The van der Waals surface area contributed by atoms with Gasteiger partial charge in [-0.3, -0.25) is 4.79 Å². The fraction of sp³-hybridized carbons (Fsp3) is 0.357. The molecule has 6 heteroatoms. The van der Waals surface area contributed by atoms with Crippen molar-refractivity contribution in [3.8, 4) is 6.07 Å². The summed E-state index contributed by atoms with van der Waals surface area (Å²) >= 11 is 0. The van der Waals surface area contributed by atoms with Crippen LogP contribution in [-0.4, -0.2) is 30.1 Å². The van der Waals surface area contributed by atoms with E-state index in [1.165, 1.54) is 7.11 Å². The molecule has 0 aliphatic heterocycles. The summed E-state index contributed by atoms with van der Waals surface area (Å²) in [4.78, 5) is 23.1. The minimum atomic E-state index is -1.17. The number of carbonyl (C=O) groups is 2. The highest BCUT2D eigenvalue weighted by molar-refractivity contribution is 5.87. The largest absolute Gasteiger partial charge is 0.480 e. The van der Waals surface area contributed by atoms with Gasteiger partial charge in [0.15, 0.2) is 6.10 Å². The first-order chi connectivity index (χ1) is 9.60. The lowest BCUT2D eigenvalue weighted by Crippen LogP contribution is -2.43. The van der Waals surface area contributed by atoms with Crippen LogP contribution in [-0.2, 0) is 14.3 Å². The van der Waals surface area contributed by atoms with Gasteiger partial charge in [0.2, 0.25) is 0 Å². The lowest BCUT2D eigenvalue weighted by molar-refractivity contribution is -0.144. The van der Waals surface area contributed by atoms with E-state index >= 15 is 0 Å². The number of aliphatic carboxylic acids is 1. The van der Waals surface area contributed by atoms with Crippen LogP contribution in [0.25, 0.3) is 0 Å². The molecule has 0 aliphatic carbocycles. The van der Waals surface area contributed by atoms with E-state index in [1.54, 1.807) is 30.3 Å². The molecule has 1 rings (SSSR count). The molecule has 2 unspecified atom stereocenters. The topological polar surface area (TPSA) is 99.4 Å². The predicted molar refractivity (Wildman–Crippen MR) is 70.6 cm³/mol. The smallest absolute Gasteiger partial charge is 0.326 e. The molecule has 0 aromatic heterocycles. The standard InChI is InChI=1S/C14H16N2O4/c1-20-12(10-6-3-2-4-7-10)13(17)16-11(14(18)19)8-5-9-15/h2-4,6-7,11-12H,5,8H2,1H3,(H,16,17)(H,18,19). The second kappa shape index (κ2) is 7.92. The first kappa shape index (κ1) is 15.7. The van der Waals surface area contributed by atoms with Crippen molar-refractivity contribution in [2.24, 2.45) is 0 Å². The number of nitriles is 1. The van der Waals surface area contributed by atoms with Crippen LogP contribution in [0.15, 0.2) is 30.3 Å². The molecule has 2 atom stereocenters. The van der Waals surface area contributed by atoms with Gasteiger partial charge in [-0.25, -0.2) is 4.79 Å². The van der Waals surface area contributed by atoms with Crippen molar-refractivity contribution >= 4 is 11.9 Å². The highest BCUT2D eigenvalue weighted by Gasteiger charge is 2.25. The minimum Gasteiger partial charge on any atom is -0.480 e. The van der Waals surface area contributed by atoms with Crippen LogP contribution in [0, 0.1) is 11.3 Å². The molecular formula is C14H16N2O4. The number of methoxy groups -OCH3 is 1. The summed E-state index contributed by atoms with van der Waals surface area (Å²) in [5, 5.41) is 19.9. The van der Waals surface area contributed by atoms with Gasteiger partial charge in [-0.2, -0.15) is 5.26 Å². The highest BCUT2D eigenvalue weighted by atomic mass is 16.5. The van der Waals surface area contributed by atoms with Crippen LogP contribution in [0.1, 0.15) is 24.5 Å². The number of nitrogens with one attached hydrogen (secondary N) is 1. The molecule has 0 aliphatic rings. The number of carboxylic acids is 1. The van der Waals surface area contributed by atoms with E-state index in [0.29, 0.717) is 5.56 Å². The average molecular weight is 276 g/mol. The molecule has 6 nitrogen and oxygen atoms in total. The van der Waals surface area contributed by atoms with E-state index in [9.17, 15) is 9.59 Å². The Kier molecular flexibility index (Phi) is 6.20. The second-order valence-corrected chi connectivity index (χ2v) is 4.12. The number of amides is 1. The van der Waals surface area contributed by atoms with Gasteiger partial charge in [0.1, 0.15) is 6.04 Å². The number of rotatable bonds is 7. The predicted octanol–water partition coefficient (Wildman–Crippen LogP) is 1.25. The van der Waals surface area contributed by atoms with Gasteiger partial charge in [0.05, 0.1) is 6.07 Å². The Bertz CT molecular complexity index is 496. The Morgan fingerprint density at radius 3 is 2.55 bits per heavy atom. The Labute approximate surface area is 117 Å². The summed E-state index contributed by atoms with van der Waals surface area (Å²) in [6.07, 6.45) is -0.761. The Hall–Kier alpha value is -2.39. The summed E-state index contributed by atoms with van der Waals surface area (Å²) in [6, 6.07) is 9.54. The summed E-state index contributed by atoms with van der Waals surface area (Å²) in [7, 11) is 1.38. The third-order valence-corrected chi connectivity index (χ3v) is 2.74. The van der Waals surface area contributed by atoms with Gasteiger partial charge >= 0.3 is 5.97 Å². The molecule has 0 heterocycles. The van der Waals surface area contributed by atoms with E-state index in [-0.39, 0.29) is 12.8 Å². The van der Waals surface area contributed by atoms with Gasteiger partial charge in [-0.05, 0) is 12.0 Å². The quantitative estimate of drug-likeness (QED) is 0.780. The Morgan fingerprint density at radius 1 is 1.40 bits per heavy atom. The maximum Gasteiger partial charge on any atom is 0.326 e. The third kappa shape index (κ3) is 4.37. The van der Waals surface area contributed by atoms with Crippen LogP contribution in [0.5, 0.6) is 0 Å². The lowest BCUT2D eigenvalue weighted by Gasteiger charge is -2.19. The molecule has 1 aromatic rings. The van der Waals surface area contributed by atoms with Gasteiger partial charge in [0, 0.05) is 13.5 Å². The molecule has 0 spiro atoms. The Balaban J connectivity index is 2.76. The molecule has 20 heavy (non-hydrogen) atoms. The fourth-order valence-electron chi connectivity index (χ4n) is 1.74. The van der Waals surface area contributed by atoms with Crippen molar-refractivity contribution in [2.75, 3.05) is 7.11 Å². The molecule has 0 fully saturated rings. The number of benzene rings is 1. The number of carbonyl (C=O) groups excluding carboxylic acids is 1. The normalized spacial score (nSPS) is 13.0. The van der Waals surface area contributed by atoms with E-state index < -0.39 is 24.0 Å². The maximum atomic E-state index is 12.1. The zero-order chi connectivity index (χ0) is 15.0. The average Bonchev–Trinajstić information content (AvgIpc) is 2.45. The summed E-state index contributed by atoms with van der Waals surface area (Å²) in [5.41, 5.74) is 0.636. The molecule has 1 amide bonds. The van der Waals surface area contributed by atoms with Crippen molar-refractivity contribution in [2.45, 2.75) is 25.0 Å².